The largest absolute Gasteiger partial charge is 0.325 e. The fraction of sp³-hybridized carbons (Fsp3) is 0.368. The molecule has 5 rings (SSSR count). The molecule has 1 amide bonds. The number of pyridine rings is 1. The Morgan fingerprint density at radius 2 is 2.00 bits per heavy atom. The van der Waals surface area contributed by atoms with Gasteiger partial charge in [-0.1, -0.05) is 12.5 Å². The van der Waals surface area contributed by atoms with Crippen molar-refractivity contribution >= 4 is 27.3 Å². The lowest BCUT2D eigenvalue weighted by Gasteiger charge is -2.36. The average Bonchev–Trinajstić information content (AvgIpc) is 3.37. The van der Waals surface area contributed by atoms with E-state index in [9.17, 15) is 13.2 Å². The third-order valence-electron chi connectivity index (χ3n) is 5.75. The number of hydrogen-bond donors (Lipinski definition) is 2. The summed E-state index contributed by atoms with van der Waals surface area (Å²) in [7, 11) is -3.76. The van der Waals surface area contributed by atoms with Crippen LogP contribution in [-0.2, 0) is 20.2 Å². The molecular weight excluding hydrogens is 350 g/mol. The lowest BCUT2D eigenvalue weighted by atomic mass is 9.65. The first-order valence-corrected chi connectivity index (χ1v) is 10.4. The summed E-state index contributed by atoms with van der Waals surface area (Å²) in [4.78, 5) is 16.5. The molecule has 1 aromatic heterocycles. The smallest absolute Gasteiger partial charge is 0.279 e. The maximum atomic E-state index is 12.7. The molecule has 0 saturated heterocycles. The molecule has 2 aromatic rings. The summed E-state index contributed by atoms with van der Waals surface area (Å²) in [5.41, 5.74) is 2.97. The number of sulfonamides is 1. The standard InChI is InChI=1S/C19H19N3O3S/c23-18-19(7-3-8-19)15-11-13(10-14(12-5-6-12)17(15)21-18)22-26(24,25)16-4-1-2-9-20-16/h1-2,4,9-12,22H,3,5-8H2,(H,21,23). The van der Waals surface area contributed by atoms with Crippen LogP contribution in [-0.4, -0.2) is 19.3 Å². The Hall–Kier alpha value is -2.41. The second-order valence-corrected chi connectivity index (χ2v) is 9.05. The Bertz CT molecular complexity index is 1010. The molecular formula is C19H19N3O3S. The Balaban J connectivity index is 1.59. The number of carbonyl (C=O) groups is 1. The molecule has 0 bridgehead atoms. The monoisotopic (exact) mass is 369 g/mol. The summed E-state index contributed by atoms with van der Waals surface area (Å²) in [6.45, 7) is 0. The number of anilines is 2. The summed E-state index contributed by atoms with van der Waals surface area (Å²) in [5, 5.41) is 3.06. The molecule has 0 radical (unpaired) electrons. The van der Waals surface area contributed by atoms with Crippen LogP contribution in [0.1, 0.15) is 49.1 Å². The van der Waals surface area contributed by atoms with Gasteiger partial charge in [-0.15, -0.1) is 0 Å². The number of nitrogens with one attached hydrogen (secondary N) is 2. The van der Waals surface area contributed by atoms with Gasteiger partial charge in [0.15, 0.2) is 5.03 Å². The van der Waals surface area contributed by atoms with E-state index in [1.165, 1.54) is 12.3 Å². The van der Waals surface area contributed by atoms with Crippen molar-refractivity contribution in [2.75, 3.05) is 10.0 Å². The fourth-order valence-electron chi connectivity index (χ4n) is 4.05. The third-order valence-corrected chi connectivity index (χ3v) is 7.04. The van der Waals surface area contributed by atoms with E-state index in [1.807, 2.05) is 12.1 Å². The van der Waals surface area contributed by atoms with Crippen molar-refractivity contribution in [1.29, 1.82) is 0 Å². The van der Waals surface area contributed by atoms with Crippen LogP contribution < -0.4 is 10.0 Å². The topological polar surface area (TPSA) is 88.2 Å². The molecule has 2 heterocycles. The average molecular weight is 369 g/mol. The zero-order chi connectivity index (χ0) is 17.9. The zero-order valence-electron chi connectivity index (χ0n) is 14.2. The molecule has 134 valence electrons. The molecule has 26 heavy (non-hydrogen) atoms. The van der Waals surface area contributed by atoms with Crippen molar-refractivity contribution in [3.8, 4) is 0 Å². The van der Waals surface area contributed by atoms with Gasteiger partial charge in [0.25, 0.3) is 10.0 Å². The second kappa shape index (κ2) is 5.30. The Morgan fingerprint density at radius 3 is 2.62 bits per heavy atom. The number of rotatable bonds is 4. The highest BCUT2D eigenvalue weighted by Crippen LogP contribution is 2.56. The Morgan fingerprint density at radius 1 is 1.19 bits per heavy atom. The molecule has 0 atom stereocenters. The van der Waals surface area contributed by atoms with E-state index in [4.69, 9.17) is 0 Å². The second-order valence-electron chi connectivity index (χ2n) is 7.43. The van der Waals surface area contributed by atoms with Crippen molar-refractivity contribution in [3.05, 3.63) is 47.7 Å². The zero-order valence-corrected chi connectivity index (χ0v) is 15.0. The van der Waals surface area contributed by atoms with Crippen LogP contribution in [0.25, 0.3) is 0 Å². The van der Waals surface area contributed by atoms with Gasteiger partial charge in [-0.05, 0) is 67.0 Å². The van der Waals surface area contributed by atoms with Crippen LogP contribution in [0.2, 0.25) is 0 Å². The maximum Gasteiger partial charge on any atom is 0.279 e. The van der Waals surface area contributed by atoms with E-state index in [2.05, 4.69) is 15.0 Å². The van der Waals surface area contributed by atoms with Crippen LogP contribution in [0.5, 0.6) is 0 Å². The van der Waals surface area contributed by atoms with E-state index < -0.39 is 15.4 Å². The maximum absolute atomic E-state index is 12.7. The number of benzene rings is 1. The van der Waals surface area contributed by atoms with Crippen LogP contribution in [0, 0.1) is 0 Å². The summed E-state index contributed by atoms with van der Waals surface area (Å²) >= 11 is 0. The van der Waals surface area contributed by atoms with Gasteiger partial charge < -0.3 is 5.32 Å². The first kappa shape index (κ1) is 15.8. The van der Waals surface area contributed by atoms with Gasteiger partial charge in [-0.2, -0.15) is 8.42 Å². The summed E-state index contributed by atoms with van der Waals surface area (Å²) in [6.07, 6.45) is 6.28. The molecule has 6 nitrogen and oxygen atoms in total. The van der Waals surface area contributed by atoms with Gasteiger partial charge in [-0.25, -0.2) is 4.98 Å². The molecule has 2 saturated carbocycles. The number of aromatic nitrogens is 1. The number of carbonyl (C=O) groups excluding carboxylic acids is 1. The van der Waals surface area contributed by atoms with E-state index in [1.54, 1.807) is 12.1 Å². The molecule has 0 unspecified atom stereocenters. The first-order chi connectivity index (χ1) is 12.5. The Labute approximate surface area is 152 Å². The minimum absolute atomic E-state index is 0.0129. The predicted octanol–water partition coefficient (Wildman–Crippen LogP) is 3.13. The molecule has 3 aliphatic rings. The highest BCUT2D eigenvalue weighted by atomic mass is 32.2. The minimum atomic E-state index is -3.76. The first-order valence-electron chi connectivity index (χ1n) is 8.93. The molecule has 2 aliphatic carbocycles. The number of hydrogen-bond acceptors (Lipinski definition) is 4. The van der Waals surface area contributed by atoms with Gasteiger partial charge in [0.1, 0.15) is 0 Å². The van der Waals surface area contributed by atoms with Crippen molar-refractivity contribution in [2.45, 2.75) is 48.5 Å². The van der Waals surface area contributed by atoms with E-state index in [0.717, 1.165) is 48.9 Å². The summed E-state index contributed by atoms with van der Waals surface area (Å²) in [6, 6.07) is 8.49. The van der Waals surface area contributed by atoms with Crippen molar-refractivity contribution < 1.29 is 13.2 Å². The quantitative estimate of drug-likeness (QED) is 0.867. The van der Waals surface area contributed by atoms with E-state index in [0.29, 0.717) is 11.6 Å². The fourth-order valence-corrected chi connectivity index (χ4v) is 5.04. The molecule has 2 fully saturated rings. The molecule has 1 aliphatic heterocycles. The summed E-state index contributed by atoms with van der Waals surface area (Å²) in [5.74, 6) is 0.462. The van der Waals surface area contributed by atoms with Gasteiger partial charge in [-0.3, -0.25) is 9.52 Å². The highest BCUT2D eigenvalue weighted by Gasteiger charge is 2.52. The van der Waals surface area contributed by atoms with Crippen molar-refractivity contribution in [3.63, 3.8) is 0 Å². The van der Waals surface area contributed by atoms with Gasteiger partial charge >= 0.3 is 0 Å². The normalized spacial score (nSPS) is 20.4. The Kier molecular flexibility index (Phi) is 3.22. The highest BCUT2D eigenvalue weighted by molar-refractivity contribution is 7.92. The van der Waals surface area contributed by atoms with Crippen molar-refractivity contribution in [1.82, 2.24) is 4.98 Å². The molecule has 1 aromatic carbocycles. The SMILES string of the molecule is O=C1Nc2c(C3CC3)cc(NS(=O)(=O)c3ccccn3)cc2C12CCC2. The third kappa shape index (κ3) is 2.26. The minimum Gasteiger partial charge on any atom is -0.325 e. The van der Waals surface area contributed by atoms with Gasteiger partial charge in [0.05, 0.1) is 5.41 Å². The summed E-state index contributed by atoms with van der Waals surface area (Å²) < 4.78 is 28.0. The lowest BCUT2D eigenvalue weighted by molar-refractivity contribution is -0.123. The van der Waals surface area contributed by atoms with E-state index in [-0.39, 0.29) is 10.9 Å². The number of nitrogens with zero attached hydrogens (tertiary/aromatic N) is 1. The van der Waals surface area contributed by atoms with E-state index >= 15 is 0 Å². The molecule has 7 heteroatoms. The molecule has 1 spiro atoms. The van der Waals surface area contributed by atoms with Crippen LogP contribution in [0.4, 0.5) is 11.4 Å². The number of fused-ring (bicyclic) bond motifs is 2. The van der Waals surface area contributed by atoms with Gasteiger partial charge in [0.2, 0.25) is 5.91 Å². The molecule has 2 N–H and O–H groups in total. The van der Waals surface area contributed by atoms with Crippen LogP contribution in [0.15, 0.2) is 41.6 Å². The van der Waals surface area contributed by atoms with Crippen molar-refractivity contribution in [2.24, 2.45) is 0 Å². The van der Waals surface area contributed by atoms with Crippen LogP contribution >= 0.6 is 0 Å². The lowest BCUT2D eigenvalue weighted by Crippen LogP contribution is -2.40. The predicted molar refractivity (Wildman–Crippen MR) is 97.6 cm³/mol. The number of amides is 1. The van der Waals surface area contributed by atoms with Crippen LogP contribution in [0.3, 0.4) is 0 Å². The van der Waals surface area contributed by atoms with Gasteiger partial charge in [0, 0.05) is 17.6 Å².